The normalized spacial score (nSPS) is 13.0. The number of para-hydroxylation sites is 1. The van der Waals surface area contributed by atoms with Crippen LogP contribution in [-0.2, 0) is 17.4 Å². The van der Waals surface area contributed by atoms with Gasteiger partial charge in [0.25, 0.3) is 0 Å². The summed E-state index contributed by atoms with van der Waals surface area (Å²) in [5.74, 6) is -0.187. The van der Waals surface area contributed by atoms with E-state index in [2.05, 4.69) is 81.7 Å². The molecule has 1 N–H and O–H groups in total. The van der Waals surface area contributed by atoms with Crippen molar-refractivity contribution < 1.29 is 4.39 Å². The van der Waals surface area contributed by atoms with E-state index in [9.17, 15) is 4.39 Å². The molecule has 0 fully saturated rings. The maximum atomic E-state index is 14.1. The van der Waals surface area contributed by atoms with Crippen molar-refractivity contribution in [3.05, 3.63) is 71.3 Å². The van der Waals surface area contributed by atoms with Crippen LogP contribution in [0.4, 0.5) is 4.39 Å². The number of benzene rings is 2. The molecule has 0 bridgehead atoms. The van der Waals surface area contributed by atoms with Gasteiger partial charge in [0, 0.05) is 40.6 Å². The van der Waals surface area contributed by atoms with Crippen molar-refractivity contribution in [1.82, 2.24) is 9.55 Å². The van der Waals surface area contributed by atoms with Crippen LogP contribution in [0.3, 0.4) is 0 Å². The van der Waals surface area contributed by atoms with Crippen LogP contribution in [0.5, 0.6) is 0 Å². The number of aromatic nitrogens is 2. The van der Waals surface area contributed by atoms with E-state index >= 15 is 0 Å². The van der Waals surface area contributed by atoms with Crippen LogP contribution in [0.15, 0.2) is 48.8 Å². The lowest BCUT2D eigenvalue weighted by atomic mass is 9.84. The lowest BCUT2D eigenvalue weighted by Gasteiger charge is -2.26. The van der Waals surface area contributed by atoms with Crippen LogP contribution in [0.25, 0.3) is 21.8 Å². The number of nitrogens with one attached hydrogen (secondary N) is 1. The fourth-order valence-corrected chi connectivity index (χ4v) is 4.37. The number of hydrogen-bond acceptors (Lipinski definition) is 0. The summed E-state index contributed by atoms with van der Waals surface area (Å²) in [4.78, 5) is 3.45. The van der Waals surface area contributed by atoms with Gasteiger partial charge in [0.05, 0.1) is 5.52 Å². The third kappa shape index (κ3) is 3.03. The van der Waals surface area contributed by atoms with Gasteiger partial charge >= 0.3 is 0 Å². The summed E-state index contributed by atoms with van der Waals surface area (Å²) in [6.07, 6.45) is 4.35. The molecule has 2 aromatic carbocycles. The van der Waals surface area contributed by atoms with Crippen LogP contribution >= 0.6 is 0 Å². The molecule has 0 aliphatic heterocycles. The van der Waals surface area contributed by atoms with Gasteiger partial charge in [-0.25, -0.2) is 4.39 Å². The minimum absolute atomic E-state index is 0.00334. The molecular weight excluding hydrogens is 347 g/mol. The van der Waals surface area contributed by atoms with Gasteiger partial charge in [-0.15, -0.1) is 0 Å². The molecule has 0 radical (unpaired) electrons. The number of rotatable bonds is 3. The molecule has 2 aromatic heterocycles. The molecule has 0 spiro atoms. The lowest BCUT2D eigenvalue weighted by molar-refractivity contribution is 0.444. The number of aromatic amines is 1. The fourth-order valence-electron chi connectivity index (χ4n) is 4.37. The predicted molar refractivity (Wildman–Crippen MR) is 117 cm³/mol. The summed E-state index contributed by atoms with van der Waals surface area (Å²) in [6, 6.07) is 11.6. The average Bonchev–Trinajstić information content (AvgIpc) is 3.17. The van der Waals surface area contributed by atoms with Crippen LogP contribution in [0.1, 0.15) is 51.3 Å². The van der Waals surface area contributed by atoms with E-state index < -0.39 is 0 Å². The van der Waals surface area contributed by atoms with Crippen molar-refractivity contribution >= 4 is 21.8 Å². The second-order valence-corrected chi connectivity index (χ2v) is 9.67. The van der Waals surface area contributed by atoms with E-state index in [1.54, 1.807) is 12.1 Å². The summed E-state index contributed by atoms with van der Waals surface area (Å²) >= 11 is 0. The molecule has 4 rings (SSSR count). The molecule has 4 aromatic rings. The Kier molecular flexibility index (Phi) is 4.18. The summed E-state index contributed by atoms with van der Waals surface area (Å²) in [6.45, 7) is 14.1. The predicted octanol–water partition coefficient (Wildman–Crippen LogP) is 6.85. The van der Waals surface area contributed by atoms with Crippen molar-refractivity contribution in [1.29, 1.82) is 0 Å². The number of aryl methyl sites for hydroxylation is 1. The number of halogens is 1. The fraction of sp³-hybridized carbons (Fsp3) is 0.360. The van der Waals surface area contributed by atoms with E-state index in [0.717, 1.165) is 17.4 Å². The number of H-pyrrole nitrogens is 1. The molecule has 0 unspecified atom stereocenters. The molecular formula is C25H29FN2. The van der Waals surface area contributed by atoms with Crippen molar-refractivity contribution in [2.45, 2.75) is 58.9 Å². The number of fused-ring (bicyclic) bond motifs is 2. The molecule has 0 saturated carbocycles. The van der Waals surface area contributed by atoms with Crippen LogP contribution in [-0.4, -0.2) is 9.55 Å². The van der Waals surface area contributed by atoms with Crippen molar-refractivity contribution in [2.24, 2.45) is 0 Å². The van der Waals surface area contributed by atoms with Gasteiger partial charge in [0.15, 0.2) is 0 Å². The summed E-state index contributed by atoms with van der Waals surface area (Å²) in [7, 11) is 0. The number of nitrogens with zero attached hydrogens (tertiary/aromatic N) is 1. The Morgan fingerprint density at radius 2 is 1.71 bits per heavy atom. The van der Waals surface area contributed by atoms with Gasteiger partial charge in [0.1, 0.15) is 5.82 Å². The molecule has 0 amide bonds. The minimum atomic E-state index is -0.187. The molecule has 2 nitrogen and oxygen atoms in total. The average molecular weight is 377 g/mol. The molecule has 3 heteroatoms. The second-order valence-electron chi connectivity index (χ2n) is 9.67. The van der Waals surface area contributed by atoms with Gasteiger partial charge in [-0.05, 0) is 47.2 Å². The van der Waals surface area contributed by atoms with E-state index in [1.807, 2.05) is 6.07 Å². The second kappa shape index (κ2) is 6.23. The highest BCUT2D eigenvalue weighted by atomic mass is 19.1. The zero-order chi connectivity index (χ0) is 20.3. The summed E-state index contributed by atoms with van der Waals surface area (Å²) in [5.41, 5.74) is 5.86. The van der Waals surface area contributed by atoms with Crippen molar-refractivity contribution in [3.8, 4) is 0 Å². The zero-order valence-electron chi connectivity index (χ0n) is 17.7. The molecule has 28 heavy (non-hydrogen) atoms. The Hall–Kier alpha value is -2.55. The van der Waals surface area contributed by atoms with Gasteiger partial charge in [-0.1, -0.05) is 52.8 Å². The van der Waals surface area contributed by atoms with Gasteiger partial charge in [-0.2, -0.15) is 0 Å². The first-order chi connectivity index (χ1) is 13.1. The molecule has 0 aliphatic rings. The third-order valence-electron chi connectivity index (χ3n) is 5.87. The Balaban J connectivity index is 1.84. The van der Waals surface area contributed by atoms with Crippen LogP contribution in [0, 0.1) is 12.7 Å². The van der Waals surface area contributed by atoms with Gasteiger partial charge in [-0.3, -0.25) is 0 Å². The highest BCUT2D eigenvalue weighted by molar-refractivity contribution is 5.87. The van der Waals surface area contributed by atoms with Gasteiger partial charge in [0.2, 0.25) is 0 Å². The lowest BCUT2D eigenvalue weighted by Crippen LogP contribution is -2.24. The smallest absolute Gasteiger partial charge is 0.125 e. The third-order valence-corrected chi connectivity index (χ3v) is 5.87. The molecule has 0 aliphatic carbocycles. The standard InChI is InChI=1S/C25H29FN2/c1-16-8-7-9-19-20(13-27-23(16)19)25(5,6)15-28-14-21(24(2,3)4)18-11-10-17(26)12-22(18)28/h7-14,27H,15H2,1-6H3. The van der Waals surface area contributed by atoms with Crippen LogP contribution < -0.4 is 0 Å². The largest absolute Gasteiger partial charge is 0.361 e. The Morgan fingerprint density at radius 1 is 0.964 bits per heavy atom. The Morgan fingerprint density at radius 3 is 2.43 bits per heavy atom. The van der Waals surface area contributed by atoms with Crippen LogP contribution in [0.2, 0.25) is 0 Å². The highest BCUT2D eigenvalue weighted by Gasteiger charge is 2.27. The molecule has 146 valence electrons. The number of hydrogen-bond donors (Lipinski definition) is 1. The Bertz CT molecular complexity index is 1170. The first-order valence-corrected chi connectivity index (χ1v) is 9.94. The molecule has 0 saturated heterocycles. The molecule has 0 atom stereocenters. The Labute approximate surface area is 166 Å². The monoisotopic (exact) mass is 376 g/mol. The first-order valence-electron chi connectivity index (χ1n) is 9.94. The molecule has 2 heterocycles. The highest BCUT2D eigenvalue weighted by Crippen LogP contribution is 2.37. The summed E-state index contributed by atoms with van der Waals surface area (Å²) in [5, 5.41) is 2.41. The SMILES string of the molecule is Cc1cccc2c(C(C)(C)Cn3cc(C(C)(C)C)c4ccc(F)cc43)c[nH]c12. The van der Waals surface area contributed by atoms with E-state index in [1.165, 1.54) is 27.6 Å². The van der Waals surface area contributed by atoms with Crippen molar-refractivity contribution in [3.63, 3.8) is 0 Å². The van der Waals surface area contributed by atoms with E-state index in [4.69, 9.17) is 0 Å². The minimum Gasteiger partial charge on any atom is -0.361 e. The maximum absolute atomic E-state index is 14.1. The quantitative estimate of drug-likeness (QED) is 0.404. The first kappa shape index (κ1) is 18.8. The van der Waals surface area contributed by atoms with Gasteiger partial charge < -0.3 is 9.55 Å². The van der Waals surface area contributed by atoms with E-state index in [-0.39, 0.29) is 16.6 Å². The summed E-state index contributed by atoms with van der Waals surface area (Å²) < 4.78 is 16.3. The zero-order valence-corrected chi connectivity index (χ0v) is 17.7. The topological polar surface area (TPSA) is 20.7 Å². The van der Waals surface area contributed by atoms with E-state index in [0.29, 0.717) is 0 Å². The maximum Gasteiger partial charge on any atom is 0.125 e. The van der Waals surface area contributed by atoms with Crippen molar-refractivity contribution in [2.75, 3.05) is 0 Å².